The standard InChI is InChI=1S/C21H25ClN4O3S/c1-11(2)9-25(16-18(23)26(10-12(3)4)21(29)24-19(16)27)20(28)17-15(22)13-7-5-6-8-14(13)30-17/h5-8,11-12H,9-10,23H2,1-4H3,(H,24,27,29). The summed E-state index contributed by atoms with van der Waals surface area (Å²) in [5.74, 6) is -0.271. The summed E-state index contributed by atoms with van der Waals surface area (Å²) in [7, 11) is 0. The molecule has 0 radical (unpaired) electrons. The van der Waals surface area contributed by atoms with Crippen molar-refractivity contribution in [2.75, 3.05) is 17.2 Å². The number of aromatic nitrogens is 2. The minimum absolute atomic E-state index is 0.0244. The van der Waals surface area contributed by atoms with E-state index in [9.17, 15) is 14.4 Å². The molecule has 3 N–H and O–H groups in total. The number of fused-ring (bicyclic) bond motifs is 1. The van der Waals surface area contributed by atoms with Crippen LogP contribution in [0.2, 0.25) is 5.02 Å². The molecule has 0 saturated heterocycles. The van der Waals surface area contributed by atoms with E-state index in [0.717, 1.165) is 10.1 Å². The number of hydrogen-bond donors (Lipinski definition) is 2. The van der Waals surface area contributed by atoms with Crippen LogP contribution in [0.15, 0.2) is 33.9 Å². The number of carbonyl (C=O) groups excluding carboxylic acids is 1. The molecule has 0 atom stereocenters. The Morgan fingerprint density at radius 3 is 2.47 bits per heavy atom. The number of H-pyrrole nitrogens is 1. The smallest absolute Gasteiger partial charge is 0.330 e. The van der Waals surface area contributed by atoms with Gasteiger partial charge in [-0.25, -0.2) is 4.79 Å². The van der Waals surface area contributed by atoms with Crippen molar-refractivity contribution in [3.8, 4) is 0 Å². The van der Waals surface area contributed by atoms with Gasteiger partial charge < -0.3 is 5.73 Å². The fourth-order valence-corrected chi connectivity index (χ4v) is 4.76. The molecule has 0 fully saturated rings. The highest BCUT2D eigenvalue weighted by molar-refractivity contribution is 7.21. The minimum atomic E-state index is -0.691. The number of hydrogen-bond acceptors (Lipinski definition) is 5. The second-order valence-electron chi connectivity index (χ2n) is 8.05. The molecule has 0 unspecified atom stereocenters. The third-order valence-electron chi connectivity index (χ3n) is 4.55. The summed E-state index contributed by atoms with van der Waals surface area (Å²) >= 11 is 7.78. The van der Waals surface area contributed by atoms with E-state index in [2.05, 4.69) is 4.98 Å². The molecule has 3 aromatic rings. The number of nitrogens with two attached hydrogens (primary N) is 1. The number of carbonyl (C=O) groups is 1. The fraction of sp³-hybridized carbons (Fsp3) is 0.381. The molecule has 0 aliphatic carbocycles. The van der Waals surface area contributed by atoms with Crippen LogP contribution in [0.1, 0.15) is 37.4 Å². The van der Waals surface area contributed by atoms with Crippen molar-refractivity contribution in [2.45, 2.75) is 34.2 Å². The second-order valence-corrected chi connectivity index (χ2v) is 9.48. The number of amides is 1. The molecule has 1 amide bonds. The predicted octanol–water partition coefficient (Wildman–Crippen LogP) is 3.95. The van der Waals surface area contributed by atoms with E-state index in [1.165, 1.54) is 20.8 Å². The summed E-state index contributed by atoms with van der Waals surface area (Å²) in [6, 6.07) is 7.46. The molecule has 30 heavy (non-hydrogen) atoms. The zero-order chi connectivity index (χ0) is 22.2. The van der Waals surface area contributed by atoms with E-state index in [0.29, 0.717) is 16.4 Å². The molecule has 7 nitrogen and oxygen atoms in total. The van der Waals surface area contributed by atoms with Gasteiger partial charge in [-0.1, -0.05) is 57.5 Å². The van der Waals surface area contributed by atoms with E-state index in [1.807, 2.05) is 52.0 Å². The van der Waals surface area contributed by atoms with Gasteiger partial charge in [-0.3, -0.25) is 24.0 Å². The first-order valence-corrected chi connectivity index (χ1v) is 10.9. The average Bonchev–Trinajstić information content (AvgIpc) is 3.00. The topological polar surface area (TPSA) is 101 Å². The van der Waals surface area contributed by atoms with Crippen LogP contribution in [0, 0.1) is 11.8 Å². The number of aromatic amines is 1. The Labute approximate surface area is 183 Å². The second kappa shape index (κ2) is 8.65. The Hall–Kier alpha value is -2.58. The molecule has 0 spiro atoms. The van der Waals surface area contributed by atoms with E-state index in [4.69, 9.17) is 17.3 Å². The molecule has 160 valence electrons. The largest absolute Gasteiger partial charge is 0.383 e. The Morgan fingerprint density at radius 1 is 1.20 bits per heavy atom. The summed E-state index contributed by atoms with van der Waals surface area (Å²) in [4.78, 5) is 42.6. The number of halogens is 1. The van der Waals surface area contributed by atoms with Crippen LogP contribution in [0.25, 0.3) is 10.1 Å². The van der Waals surface area contributed by atoms with Gasteiger partial charge in [-0.05, 0) is 17.9 Å². The molecular weight excluding hydrogens is 424 g/mol. The van der Waals surface area contributed by atoms with Gasteiger partial charge in [-0.2, -0.15) is 0 Å². The Bertz CT molecular complexity index is 1210. The van der Waals surface area contributed by atoms with Crippen LogP contribution in [-0.4, -0.2) is 22.0 Å². The molecule has 0 bridgehead atoms. The van der Waals surface area contributed by atoms with E-state index in [1.54, 1.807) is 0 Å². The highest BCUT2D eigenvalue weighted by atomic mass is 35.5. The average molecular weight is 449 g/mol. The van der Waals surface area contributed by atoms with Gasteiger partial charge in [0.1, 0.15) is 10.7 Å². The molecule has 3 rings (SSSR count). The third-order valence-corrected chi connectivity index (χ3v) is 6.22. The zero-order valence-electron chi connectivity index (χ0n) is 17.4. The number of nitrogens with one attached hydrogen (secondary N) is 1. The van der Waals surface area contributed by atoms with Gasteiger partial charge >= 0.3 is 5.69 Å². The lowest BCUT2D eigenvalue weighted by atomic mass is 10.1. The fourth-order valence-electron chi connectivity index (χ4n) is 3.30. The van der Waals surface area contributed by atoms with Gasteiger partial charge in [-0.15, -0.1) is 11.3 Å². The summed E-state index contributed by atoms with van der Waals surface area (Å²) < 4.78 is 2.18. The van der Waals surface area contributed by atoms with Crippen LogP contribution in [0.3, 0.4) is 0 Å². The lowest BCUT2D eigenvalue weighted by Gasteiger charge is -2.26. The van der Waals surface area contributed by atoms with Gasteiger partial charge in [0.25, 0.3) is 11.5 Å². The van der Waals surface area contributed by atoms with Crippen molar-refractivity contribution in [2.24, 2.45) is 11.8 Å². The summed E-state index contributed by atoms with van der Waals surface area (Å²) in [5.41, 5.74) is 4.95. The Kier molecular flexibility index (Phi) is 6.38. The number of rotatable bonds is 6. The van der Waals surface area contributed by atoms with Crippen LogP contribution in [-0.2, 0) is 6.54 Å². The van der Waals surface area contributed by atoms with Crippen molar-refractivity contribution in [1.29, 1.82) is 0 Å². The molecule has 0 aliphatic heterocycles. The summed E-state index contributed by atoms with van der Waals surface area (Å²) in [5, 5.41) is 1.13. The maximum atomic E-state index is 13.6. The van der Waals surface area contributed by atoms with Crippen molar-refractivity contribution < 1.29 is 4.79 Å². The highest BCUT2D eigenvalue weighted by Crippen LogP contribution is 2.37. The first-order valence-electron chi connectivity index (χ1n) is 9.73. The minimum Gasteiger partial charge on any atom is -0.383 e. The molecule has 1 aromatic carbocycles. The zero-order valence-corrected chi connectivity index (χ0v) is 18.9. The van der Waals surface area contributed by atoms with Crippen molar-refractivity contribution in [3.63, 3.8) is 0 Å². The van der Waals surface area contributed by atoms with Crippen molar-refractivity contribution in [3.05, 3.63) is 55.0 Å². The number of nitrogens with zero attached hydrogens (tertiary/aromatic N) is 2. The first-order chi connectivity index (χ1) is 14.1. The van der Waals surface area contributed by atoms with Crippen molar-refractivity contribution >= 4 is 50.4 Å². The first kappa shape index (κ1) is 22.1. The Balaban J connectivity index is 2.20. The van der Waals surface area contributed by atoms with E-state index in [-0.39, 0.29) is 29.9 Å². The number of nitrogen functional groups attached to an aromatic ring is 1. The highest BCUT2D eigenvalue weighted by Gasteiger charge is 2.29. The van der Waals surface area contributed by atoms with Crippen LogP contribution >= 0.6 is 22.9 Å². The van der Waals surface area contributed by atoms with E-state index >= 15 is 0 Å². The molecule has 2 heterocycles. The van der Waals surface area contributed by atoms with Gasteiger partial charge in [0.2, 0.25) is 0 Å². The maximum Gasteiger partial charge on any atom is 0.330 e. The van der Waals surface area contributed by atoms with Crippen molar-refractivity contribution in [1.82, 2.24) is 9.55 Å². The van der Waals surface area contributed by atoms with Crippen LogP contribution < -0.4 is 21.9 Å². The van der Waals surface area contributed by atoms with Crippen LogP contribution in [0.5, 0.6) is 0 Å². The quantitative estimate of drug-likeness (QED) is 0.596. The number of benzene rings is 1. The Morgan fingerprint density at radius 2 is 1.87 bits per heavy atom. The monoisotopic (exact) mass is 448 g/mol. The lowest BCUT2D eigenvalue weighted by Crippen LogP contribution is -2.42. The number of anilines is 2. The van der Waals surface area contributed by atoms with Gasteiger partial charge in [0.05, 0.1) is 5.02 Å². The molecule has 2 aromatic heterocycles. The van der Waals surface area contributed by atoms with Gasteiger partial charge in [0, 0.05) is 23.2 Å². The maximum absolute atomic E-state index is 13.6. The van der Waals surface area contributed by atoms with E-state index < -0.39 is 17.2 Å². The molecular formula is C21H25ClN4O3S. The van der Waals surface area contributed by atoms with Crippen LogP contribution in [0.4, 0.5) is 11.5 Å². The molecule has 9 heteroatoms. The number of thiophene rings is 1. The summed E-state index contributed by atoms with van der Waals surface area (Å²) in [6.07, 6.45) is 0. The normalized spacial score (nSPS) is 11.6. The van der Waals surface area contributed by atoms with Gasteiger partial charge in [0.15, 0.2) is 5.69 Å². The summed E-state index contributed by atoms with van der Waals surface area (Å²) in [6.45, 7) is 8.30. The lowest BCUT2D eigenvalue weighted by molar-refractivity contribution is 0.0987. The molecule has 0 aliphatic rings. The molecule has 0 saturated carbocycles. The third kappa shape index (κ3) is 4.15. The SMILES string of the molecule is CC(C)CN(C(=O)c1sc2ccccc2c1Cl)c1c(N)n(CC(C)C)c(=O)[nH]c1=O. The predicted molar refractivity (Wildman–Crippen MR) is 124 cm³/mol.